The zero-order valence-corrected chi connectivity index (χ0v) is 8.68. The molecular formula is C11H20NO. The lowest BCUT2D eigenvalue weighted by Gasteiger charge is -2.24. The quantitative estimate of drug-likeness (QED) is 0.726. The van der Waals surface area contributed by atoms with Crippen molar-refractivity contribution in [3.05, 3.63) is 5.92 Å². The van der Waals surface area contributed by atoms with Gasteiger partial charge in [-0.2, -0.15) is 0 Å². The van der Waals surface area contributed by atoms with Crippen LogP contribution in [0.15, 0.2) is 0 Å². The molecule has 2 N–H and O–H groups in total. The fourth-order valence-electron chi connectivity index (χ4n) is 1.76. The van der Waals surface area contributed by atoms with E-state index in [1.54, 1.807) is 0 Å². The van der Waals surface area contributed by atoms with E-state index in [4.69, 9.17) is 5.73 Å². The number of ketones is 1. The van der Waals surface area contributed by atoms with Crippen LogP contribution in [0.4, 0.5) is 0 Å². The fraction of sp³-hybridized carbons (Fsp3) is 0.818. The Hall–Kier alpha value is -0.370. The Balaban J connectivity index is 2.45. The minimum Gasteiger partial charge on any atom is -0.321 e. The summed E-state index contributed by atoms with van der Waals surface area (Å²) in [5.74, 6) is 1.57. The Bertz CT molecular complexity index is 171. The van der Waals surface area contributed by atoms with Gasteiger partial charge < -0.3 is 5.73 Å². The standard InChI is InChI=1S/C11H20NO/c1-8(2)10(12)11(13)9-6-4-3-5-7-9/h8,10H,3-7,12H2,1-2H3/t10-/m0/s1. The molecule has 2 nitrogen and oxygen atoms in total. The number of carbonyl (C=O) groups is 1. The first-order chi connectivity index (χ1) is 6.13. The van der Waals surface area contributed by atoms with E-state index < -0.39 is 0 Å². The number of carbonyl (C=O) groups excluding carboxylic acids is 1. The van der Waals surface area contributed by atoms with E-state index in [-0.39, 0.29) is 17.7 Å². The highest BCUT2D eigenvalue weighted by Crippen LogP contribution is 2.27. The van der Waals surface area contributed by atoms with Crippen LogP contribution in [0.1, 0.15) is 46.0 Å². The van der Waals surface area contributed by atoms with Crippen LogP contribution in [0.2, 0.25) is 0 Å². The average Bonchev–Trinajstić information content (AvgIpc) is 2.17. The van der Waals surface area contributed by atoms with Gasteiger partial charge in [-0.25, -0.2) is 0 Å². The third-order valence-electron chi connectivity index (χ3n) is 2.83. The first-order valence-corrected chi connectivity index (χ1v) is 5.27. The van der Waals surface area contributed by atoms with Gasteiger partial charge in [0.05, 0.1) is 6.04 Å². The fourth-order valence-corrected chi connectivity index (χ4v) is 1.76. The van der Waals surface area contributed by atoms with E-state index >= 15 is 0 Å². The Morgan fingerprint density at radius 3 is 2.23 bits per heavy atom. The lowest BCUT2D eigenvalue weighted by Crippen LogP contribution is -2.39. The number of hydrogen-bond donors (Lipinski definition) is 1. The summed E-state index contributed by atoms with van der Waals surface area (Å²) >= 11 is 0. The molecule has 0 aliphatic heterocycles. The summed E-state index contributed by atoms with van der Waals surface area (Å²) in [5, 5.41) is 0. The van der Waals surface area contributed by atoms with Crippen molar-refractivity contribution in [3.8, 4) is 0 Å². The largest absolute Gasteiger partial charge is 0.321 e. The smallest absolute Gasteiger partial charge is 0.156 e. The van der Waals surface area contributed by atoms with Gasteiger partial charge in [-0.15, -0.1) is 0 Å². The highest BCUT2D eigenvalue weighted by Gasteiger charge is 2.27. The van der Waals surface area contributed by atoms with Crippen molar-refractivity contribution in [1.82, 2.24) is 0 Å². The van der Waals surface area contributed by atoms with Crippen LogP contribution in [0.5, 0.6) is 0 Å². The van der Waals surface area contributed by atoms with Crippen LogP contribution in [-0.2, 0) is 4.79 Å². The Morgan fingerprint density at radius 2 is 1.77 bits per heavy atom. The molecule has 0 saturated heterocycles. The molecule has 0 unspecified atom stereocenters. The van der Waals surface area contributed by atoms with Gasteiger partial charge >= 0.3 is 0 Å². The lowest BCUT2D eigenvalue weighted by molar-refractivity contribution is -0.120. The van der Waals surface area contributed by atoms with Gasteiger partial charge in [0.1, 0.15) is 0 Å². The zero-order valence-electron chi connectivity index (χ0n) is 8.68. The molecule has 0 aromatic rings. The van der Waals surface area contributed by atoms with Gasteiger partial charge in [0.2, 0.25) is 0 Å². The second-order valence-electron chi connectivity index (χ2n) is 4.30. The molecule has 1 aliphatic carbocycles. The molecule has 2 heteroatoms. The molecule has 1 aliphatic rings. The molecule has 1 fully saturated rings. The van der Waals surface area contributed by atoms with Crippen molar-refractivity contribution in [2.24, 2.45) is 11.7 Å². The van der Waals surface area contributed by atoms with E-state index in [2.05, 4.69) is 0 Å². The molecule has 75 valence electrons. The van der Waals surface area contributed by atoms with Crippen LogP contribution in [0.25, 0.3) is 0 Å². The van der Waals surface area contributed by atoms with Crippen LogP contribution < -0.4 is 5.73 Å². The van der Waals surface area contributed by atoms with Crippen molar-refractivity contribution >= 4 is 5.78 Å². The first-order valence-electron chi connectivity index (χ1n) is 5.27. The first kappa shape index (κ1) is 10.7. The number of nitrogens with two attached hydrogens (primary N) is 1. The Labute approximate surface area is 80.9 Å². The summed E-state index contributed by atoms with van der Waals surface area (Å²) in [5.41, 5.74) is 5.82. The van der Waals surface area contributed by atoms with Crippen molar-refractivity contribution in [2.75, 3.05) is 0 Å². The molecule has 1 radical (unpaired) electrons. The number of Topliss-reactive ketones (excluding diaryl/α,β-unsaturated/α-hetero) is 1. The minimum absolute atomic E-state index is 0.217. The Kier molecular flexibility index (Phi) is 3.91. The molecule has 0 amide bonds. The molecule has 0 heterocycles. The van der Waals surface area contributed by atoms with Gasteiger partial charge in [-0.1, -0.05) is 33.1 Å². The maximum atomic E-state index is 11.8. The zero-order chi connectivity index (χ0) is 9.84. The van der Waals surface area contributed by atoms with Gasteiger partial charge in [0, 0.05) is 5.92 Å². The highest BCUT2D eigenvalue weighted by atomic mass is 16.1. The van der Waals surface area contributed by atoms with E-state index in [9.17, 15) is 4.79 Å². The average molecular weight is 182 g/mol. The molecule has 0 aromatic heterocycles. The summed E-state index contributed by atoms with van der Waals surface area (Å²) in [4.78, 5) is 11.8. The monoisotopic (exact) mass is 182 g/mol. The van der Waals surface area contributed by atoms with Gasteiger partial charge in [0.25, 0.3) is 0 Å². The van der Waals surface area contributed by atoms with Crippen molar-refractivity contribution < 1.29 is 4.79 Å². The maximum absolute atomic E-state index is 11.8. The van der Waals surface area contributed by atoms with Crippen LogP contribution in [-0.4, -0.2) is 11.8 Å². The van der Waals surface area contributed by atoms with Crippen molar-refractivity contribution in [1.29, 1.82) is 0 Å². The minimum atomic E-state index is -0.270. The summed E-state index contributed by atoms with van der Waals surface area (Å²) in [6.07, 6.45) is 5.59. The second kappa shape index (κ2) is 4.75. The number of hydrogen-bond acceptors (Lipinski definition) is 2. The highest BCUT2D eigenvalue weighted by molar-refractivity contribution is 5.96. The molecular weight excluding hydrogens is 162 g/mol. The third kappa shape index (κ3) is 2.80. The van der Waals surface area contributed by atoms with Gasteiger partial charge in [-0.3, -0.25) is 4.79 Å². The van der Waals surface area contributed by atoms with Crippen molar-refractivity contribution in [2.45, 2.75) is 52.0 Å². The molecule has 0 bridgehead atoms. The lowest BCUT2D eigenvalue weighted by atomic mass is 9.82. The topological polar surface area (TPSA) is 43.1 Å². The van der Waals surface area contributed by atoms with E-state index in [1.165, 1.54) is 19.3 Å². The summed E-state index contributed by atoms with van der Waals surface area (Å²) in [6, 6.07) is -0.270. The van der Waals surface area contributed by atoms with Gasteiger partial charge in [0.15, 0.2) is 5.78 Å². The van der Waals surface area contributed by atoms with Gasteiger partial charge in [-0.05, 0) is 18.8 Å². The predicted molar refractivity (Wildman–Crippen MR) is 54.1 cm³/mol. The molecule has 13 heavy (non-hydrogen) atoms. The second-order valence-corrected chi connectivity index (χ2v) is 4.30. The number of rotatable bonds is 3. The molecule has 1 atom stereocenters. The summed E-state index contributed by atoms with van der Waals surface area (Å²) in [6.45, 7) is 4.01. The third-order valence-corrected chi connectivity index (χ3v) is 2.83. The van der Waals surface area contributed by atoms with E-state index in [0.29, 0.717) is 0 Å². The molecule has 1 rings (SSSR count). The molecule has 0 aromatic carbocycles. The SMILES string of the molecule is CC(C)[C@H](N)C(=O)[C]1CCCCC1. The molecule has 0 spiro atoms. The van der Waals surface area contributed by atoms with Crippen molar-refractivity contribution in [3.63, 3.8) is 0 Å². The normalized spacial score (nSPS) is 21.8. The Morgan fingerprint density at radius 1 is 1.23 bits per heavy atom. The summed E-state index contributed by atoms with van der Waals surface area (Å²) in [7, 11) is 0. The predicted octanol–water partition coefficient (Wildman–Crippen LogP) is 2.08. The van der Waals surface area contributed by atoms with Crippen LogP contribution in [0, 0.1) is 11.8 Å². The van der Waals surface area contributed by atoms with Crippen LogP contribution >= 0.6 is 0 Å². The van der Waals surface area contributed by atoms with Crippen LogP contribution in [0.3, 0.4) is 0 Å². The maximum Gasteiger partial charge on any atom is 0.156 e. The van der Waals surface area contributed by atoms with E-state index in [1.807, 2.05) is 13.8 Å². The summed E-state index contributed by atoms with van der Waals surface area (Å²) < 4.78 is 0. The van der Waals surface area contributed by atoms with E-state index in [0.717, 1.165) is 18.8 Å². The molecule has 1 saturated carbocycles.